The number of likely N-dealkylation sites (tertiary alicyclic amines) is 1. The quantitative estimate of drug-likeness (QED) is 0.505. The Bertz CT molecular complexity index is 1430. The monoisotopic (exact) mass is 572 g/mol. The summed E-state index contributed by atoms with van der Waals surface area (Å²) < 4.78 is 18.4. The molecule has 1 saturated heterocycles. The lowest BCUT2D eigenvalue weighted by Gasteiger charge is -2.39. The van der Waals surface area contributed by atoms with Gasteiger partial charge in [-0.25, -0.2) is 0 Å². The number of nitrogens with zero attached hydrogens (tertiary/aromatic N) is 3. The van der Waals surface area contributed by atoms with Crippen molar-refractivity contribution in [3.63, 3.8) is 0 Å². The maximum absolute atomic E-state index is 13.4. The molecule has 1 aromatic heterocycles. The Morgan fingerprint density at radius 1 is 1.10 bits per heavy atom. The van der Waals surface area contributed by atoms with E-state index in [-0.39, 0.29) is 36.9 Å². The molecule has 0 radical (unpaired) electrons. The average Bonchev–Trinajstić information content (AvgIpc) is 2.98. The predicted molar refractivity (Wildman–Crippen MR) is 156 cm³/mol. The van der Waals surface area contributed by atoms with Gasteiger partial charge in [-0.15, -0.1) is 0 Å². The molecule has 2 aliphatic rings. The van der Waals surface area contributed by atoms with E-state index in [2.05, 4.69) is 10.3 Å². The molecule has 3 aromatic rings. The first kappa shape index (κ1) is 29.1. The summed E-state index contributed by atoms with van der Waals surface area (Å²) in [6, 6.07) is 15.6. The molecular weight excluding hydrogens is 536 g/mol. The number of aromatic nitrogens is 1. The minimum atomic E-state index is -0.458. The van der Waals surface area contributed by atoms with Crippen LogP contribution in [-0.4, -0.2) is 77.9 Å². The van der Waals surface area contributed by atoms with Gasteiger partial charge in [-0.3, -0.25) is 19.4 Å². The third-order valence-electron chi connectivity index (χ3n) is 7.16. The van der Waals surface area contributed by atoms with E-state index in [4.69, 9.17) is 14.2 Å². The topological polar surface area (TPSA) is 110 Å². The third-order valence-corrected chi connectivity index (χ3v) is 7.16. The Morgan fingerprint density at radius 3 is 2.69 bits per heavy atom. The Balaban J connectivity index is 1.42. The fraction of sp³-hybridized carbons (Fsp3) is 0.375. The van der Waals surface area contributed by atoms with Crippen molar-refractivity contribution >= 4 is 17.7 Å². The number of amides is 3. The number of likely N-dealkylation sites (N-methyl/N-ethyl adjacent to an activating group) is 1. The first-order valence-corrected chi connectivity index (χ1v) is 14.2. The molecule has 0 unspecified atom stereocenters. The molecule has 1 N–H and O–H groups in total. The summed E-state index contributed by atoms with van der Waals surface area (Å²) in [5, 5.41) is 3.05. The van der Waals surface area contributed by atoms with Gasteiger partial charge in [0.05, 0.1) is 31.9 Å². The number of hydrogen-bond acceptors (Lipinski definition) is 7. The van der Waals surface area contributed by atoms with Gasteiger partial charge in [0.25, 0.3) is 11.8 Å². The van der Waals surface area contributed by atoms with Crippen LogP contribution in [0.1, 0.15) is 46.5 Å². The van der Waals surface area contributed by atoms with Crippen LogP contribution >= 0.6 is 0 Å². The molecule has 1 fully saturated rings. The molecule has 2 aromatic carbocycles. The Hall–Kier alpha value is -4.44. The molecule has 2 aliphatic heterocycles. The molecule has 0 spiro atoms. The predicted octanol–water partition coefficient (Wildman–Crippen LogP) is 3.91. The normalized spacial score (nSPS) is 19.5. The molecule has 42 heavy (non-hydrogen) atoms. The summed E-state index contributed by atoms with van der Waals surface area (Å²) in [5.74, 6) is 1.08. The SMILES string of the molecule is CC(C)COc1cc2cc(c1)C(=O)N(C)CC(=O)N[C@H]1CCN(C(=O)c3ccncc3)C[C@@H]1OCc1cccc(c1)O2. The van der Waals surface area contributed by atoms with Crippen LogP contribution in [0, 0.1) is 5.92 Å². The van der Waals surface area contributed by atoms with Crippen LogP contribution in [0.5, 0.6) is 17.2 Å². The minimum Gasteiger partial charge on any atom is -0.493 e. The third kappa shape index (κ3) is 7.25. The van der Waals surface area contributed by atoms with Gasteiger partial charge in [-0.1, -0.05) is 26.0 Å². The van der Waals surface area contributed by atoms with Crippen molar-refractivity contribution in [1.82, 2.24) is 20.1 Å². The highest BCUT2D eigenvalue weighted by Gasteiger charge is 2.34. The van der Waals surface area contributed by atoms with Gasteiger partial charge in [-0.05, 0) is 54.3 Å². The summed E-state index contributed by atoms with van der Waals surface area (Å²) in [5.41, 5.74) is 1.77. The highest BCUT2D eigenvalue weighted by atomic mass is 16.5. The molecule has 3 amide bonds. The number of piperidine rings is 1. The lowest BCUT2D eigenvalue weighted by Crippen LogP contribution is -2.57. The highest BCUT2D eigenvalue weighted by Crippen LogP contribution is 2.30. The number of benzene rings is 2. The maximum atomic E-state index is 13.4. The van der Waals surface area contributed by atoms with Crippen LogP contribution in [0.25, 0.3) is 0 Å². The molecule has 10 nitrogen and oxygen atoms in total. The Kier molecular flexibility index (Phi) is 9.02. The second-order valence-electron chi connectivity index (χ2n) is 11.1. The van der Waals surface area contributed by atoms with E-state index in [1.807, 2.05) is 38.1 Å². The second-order valence-corrected chi connectivity index (χ2v) is 11.1. The van der Waals surface area contributed by atoms with Gasteiger partial charge in [-0.2, -0.15) is 0 Å². The van der Waals surface area contributed by atoms with Crippen molar-refractivity contribution in [3.05, 3.63) is 83.7 Å². The minimum absolute atomic E-state index is 0.114. The van der Waals surface area contributed by atoms with Gasteiger partial charge >= 0.3 is 0 Å². The van der Waals surface area contributed by atoms with E-state index in [0.717, 1.165) is 5.56 Å². The largest absolute Gasteiger partial charge is 0.493 e. The maximum Gasteiger partial charge on any atom is 0.254 e. The number of hydrogen-bond donors (Lipinski definition) is 1. The van der Waals surface area contributed by atoms with E-state index in [1.54, 1.807) is 54.7 Å². The van der Waals surface area contributed by atoms with Crippen LogP contribution in [0.2, 0.25) is 0 Å². The molecule has 0 aliphatic carbocycles. The van der Waals surface area contributed by atoms with E-state index in [1.165, 1.54) is 4.90 Å². The second kappa shape index (κ2) is 13.0. The first-order valence-electron chi connectivity index (χ1n) is 14.2. The van der Waals surface area contributed by atoms with E-state index < -0.39 is 6.10 Å². The first-order chi connectivity index (χ1) is 20.2. The van der Waals surface area contributed by atoms with Crippen LogP contribution in [0.3, 0.4) is 0 Å². The van der Waals surface area contributed by atoms with Crippen molar-refractivity contribution in [3.8, 4) is 17.2 Å². The average molecular weight is 573 g/mol. The van der Waals surface area contributed by atoms with Gasteiger partial charge in [0.2, 0.25) is 5.91 Å². The zero-order valence-corrected chi connectivity index (χ0v) is 24.1. The fourth-order valence-corrected chi connectivity index (χ4v) is 5.01. The molecule has 3 heterocycles. The van der Waals surface area contributed by atoms with Crippen molar-refractivity contribution in [2.24, 2.45) is 5.92 Å². The molecule has 4 bridgehead atoms. The van der Waals surface area contributed by atoms with Gasteiger partial charge in [0, 0.05) is 49.7 Å². The summed E-state index contributed by atoms with van der Waals surface area (Å²) in [4.78, 5) is 46.8. The zero-order chi connectivity index (χ0) is 29.6. The number of fused-ring (bicyclic) bond motifs is 5. The van der Waals surface area contributed by atoms with Crippen LogP contribution in [-0.2, 0) is 16.1 Å². The molecule has 5 rings (SSSR count). The fourth-order valence-electron chi connectivity index (χ4n) is 5.01. The number of nitrogens with one attached hydrogen (secondary N) is 1. The number of carbonyl (C=O) groups is 3. The Labute approximate surface area is 245 Å². The summed E-state index contributed by atoms with van der Waals surface area (Å²) >= 11 is 0. The molecule has 2 atom stereocenters. The lowest BCUT2D eigenvalue weighted by atomic mass is 10.0. The van der Waals surface area contributed by atoms with Gasteiger partial charge in [0.15, 0.2) is 0 Å². The van der Waals surface area contributed by atoms with Crippen LogP contribution in [0.4, 0.5) is 0 Å². The molecule has 220 valence electrons. The van der Waals surface area contributed by atoms with Crippen LogP contribution < -0.4 is 14.8 Å². The van der Waals surface area contributed by atoms with E-state index >= 15 is 0 Å². The molecule has 0 saturated carbocycles. The summed E-state index contributed by atoms with van der Waals surface area (Å²) in [7, 11) is 1.58. The number of pyridine rings is 1. The van der Waals surface area contributed by atoms with E-state index in [0.29, 0.717) is 60.4 Å². The van der Waals surface area contributed by atoms with Gasteiger partial charge < -0.3 is 29.3 Å². The number of carbonyl (C=O) groups excluding carboxylic acids is 3. The van der Waals surface area contributed by atoms with Crippen molar-refractivity contribution in [1.29, 1.82) is 0 Å². The van der Waals surface area contributed by atoms with Gasteiger partial charge in [0.1, 0.15) is 17.2 Å². The molecule has 10 heteroatoms. The van der Waals surface area contributed by atoms with Crippen molar-refractivity contribution in [2.45, 2.75) is 39.0 Å². The lowest BCUT2D eigenvalue weighted by molar-refractivity contribution is -0.124. The summed E-state index contributed by atoms with van der Waals surface area (Å²) in [6.45, 7) is 5.45. The summed E-state index contributed by atoms with van der Waals surface area (Å²) in [6.07, 6.45) is 3.23. The standard InChI is InChI=1S/C32H36N4O6/c1-21(2)19-40-26-14-24-15-27(16-26)42-25-6-4-5-22(13-25)20-41-29-17-36(32(39)23-7-10-33-11-8-23)12-9-28(29)34-30(37)18-35(3)31(24)38/h4-8,10-11,13-16,21,28-29H,9,12,17-20H2,1-3H3,(H,34,37)/t28-,29-/m0/s1. The van der Waals surface area contributed by atoms with Crippen molar-refractivity contribution in [2.75, 3.05) is 33.3 Å². The van der Waals surface area contributed by atoms with Crippen molar-refractivity contribution < 1.29 is 28.6 Å². The zero-order valence-electron chi connectivity index (χ0n) is 24.1. The molecular formula is C32H36N4O6. The number of rotatable bonds is 4. The Morgan fingerprint density at radius 2 is 1.90 bits per heavy atom. The van der Waals surface area contributed by atoms with E-state index in [9.17, 15) is 14.4 Å². The van der Waals surface area contributed by atoms with Crippen LogP contribution in [0.15, 0.2) is 67.0 Å². The smallest absolute Gasteiger partial charge is 0.254 e. The number of ether oxygens (including phenoxy) is 3. The highest BCUT2D eigenvalue weighted by molar-refractivity contribution is 5.97.